The van der Waals surface area contributed by atoms with Gasteiger partial charge in [0.1, 0.15) is 0 Å². The molecule has 0 radical (unpaired) electrons. The zero-order valence-corrected chi connectivity index (χ0v) is 15.2. The van der Waals surface area contributed by atoms with Gasteiger partial charge in [-0.05, 0) is 0 Å². The van der Waals surface area contributed by atoms with E-state index in [0.29, 0.717) is 5.92 Å². The fourth-order valence-corrected chi connectivity index (χ4v) is 6.71. The van der Waals surface area contributed by atoms with E-state index in [9.17, 15) is 0 Å². The van der Waals surface area contributed by atoms with Gasteiger partial charge in [-0.2, -0.15) is 0 Å². The first-order valence-corrected chi connectivity index (χ1v) is 9.41. The third kappa shape index (κ3) is 1.96. The van der Waals surface area contributed by atoms with Crippen molar-refractivity contribution in [1.29, 1.82) is 0 Å². The van der Waals surface area contributed by atoms with Gasteiger partial charge in [0.05, 0.1) is 0 Å². The van der Waals surface area contributed by atoms with Gasteiger partial charge in [0.25, 0.3) is 0 Å². The Morgan fingerprint density at radius 3 is 2.24 bits per heavy atom. The first kappa shape index (κ1) is 14.9. The summed E-state index contributed by atoms with van der Waals surface area (Å²) in [7, 11) is 0. The van der Waals surface area contributed by atoms with Gasteiger partial charge in [0.2, 0.25) is 0 Å². The monoisotopic (exact) mass is 311 g/mol. The van der Waals surface area contributed by atoms with Crippen molar-refractivity contribution in [2.45, 2.75) is 44.3 Å². The molecule has 0 saturated carbocycles. The summed E-state index contributed by atoms with van der Waals surface area (Å²) in [4.78, 5) is 0. The standard InChI is InChI=1S/C18H19.C2H4.Ti/c1-11-12(2)14(4)18(13(11)3)17-10-9-15-7-5-6-8-16(15)17;1-2;/h5-10,17H,1-4H3;1H,2H3;. The van der Waals surface area contributed by atoms with E-state index in [2.05, 4.69) is 75.4 Å². The van der Waals surface area contributed by atoms with Gasteiger partial charge in [0.15, 0.2) is 0 Å². The third-order valence-corrected chi connectivity index (χ3v) is 8.33. The summed E-state index contributed by atoms with van der Waals surface area (Å²) in [6, 6.07) is 8.92. The van der Waals surface area contributed by atoms with Gasteiger partial charge < -0.3 is 0 Å². The summed E-state index contributed by atoms with van der Waals surface area (Å²) in [5.74, 6) is 0.525. The van der Waals surface area contributed by atoms with Crippen LogP contribution in [0.15, 0.2) is 52.6 Å². The molecule has 0 saturated heterocycles. The van der Waals surface area contributed by atoms with Gasteiger partial charge in [0, 0.05) is 0 Å². The van der Waals surface area contributed by atoms with Crippen LogP contribution in [0.25, 0.3) is 6.08 Å². The van der Waals surface area contributed by atoms with Gasteiger partial charge in [-0.1, -0.05) is 0 Å². The van der Waals surface area contributed by atoms with Crippen LogP contribution in [0, 0.1) is 0 Å². The van der Waals surface area contributed by atoms with Crippen LogP contribution in [-0.4, -0.2) is 4.31 Å². The quantitative estimate of drug-likeness (QED) is 0.628. The molecule has 0 fully saturated rings. The second kappa shape index (κ2) is 5.34. The van der Waals surface area contributed by atoms with Crippen LogP contribution in [-0.2, 0) is 18.7 Å². The Labute approximate surface area is 137 Å². The molecule has 0 spiro atoms. The molecule has 0 nitrogen and oxygen atoms in total. The van der Waals surface area contributed by atoms with Crippen molar-refractivity contribution < 1.29 is 18.7 Å². The molecule has 1 aromatic rings. The van der Waals surface area contributed by atoms with Crippen LogP contribution >= 0.6 is 0 Å². The average molecular weight is 311 g/mol. The van der Waals surface area contributed by atoms with Crippen LogP contribution in [0.1, 0.15) is 51.7 Å². The van der Waals surface area contributed by atoms with Crippen molar-refractivity contribution in [3.63, 3.8) is 0 Å². The number of hydrogen-bond donors (Lipinski definition) is 0. The molecular weight excluding hydrogens is 288 g/mol. The van der Waals surface area contributed by atoms with Crippen LogP contribution < -0.4 is 0 Å². The van der Waals surface area contributed by atoms with Gasteiger partial charge in [-0.25, -0.2) is 0 Å². The molecule has 0 bridgehead atoms. The summed E-state index contributed by atoms with van der Waals surface area (Å²) in [5, 5.41) is 0. The molecule has 1 unspecified atom stereocenters. The van der Waals surface area contributed by atoms with Crippen LogP contribution in [0.5, 0.6) is 0 Å². The molecule has 107 valence electrons. The molecule has 21 heavy (non-hydrogen) atoms. The van der Waals surface area contributed by atoms with E-state index >= 15 is 0 Å². The maximum atomic E-state index is 2.47. The molecule has 3 rings (SSSR count). The van der Waals surface area contributed by atoms with Crippen molar-refractivity contribution in [3.8, 4) is 0 Å². The zero-order valence-electron chi connectivity index (χ0n) is 13.6. The minimum atomic E-state index is -0.184. The zero-order chi connectivity index (χ0) is 15.2. The normalized spacial score (nSPS) is 23.2. The molecule has 0 N–H and O–H groups in total. The van der Waals surface area contributed by atoms with E-state index in [1.54, 1.807) is 11.1 Å². The molecule has 0 heterocycles. The van der Waals surface area contributed by atoms with Crippen LogP contribution in [0.4, 0.5) is 0 Å². The number of benzene rings is 1. The predicted octanol–water partition coefficient (Wildman–Crippen LogP) is 5.55. The van der Waals surface area contributed by atoms with Crippen molar-refractivity contribution in [2.24, 2.45) is 0 Å². The van der Waals surface area contributed by atoms with E-state index in [1.807, 2.05) is 0 Å². The van der Waals surface area contributed by atoms with E-state index in [4.69, 9.17) is 0 Å². The Hall–Kier alpha value is -0.976. The molecule has 0 amide bonds. The van der Waals surface area contributed by atoms with Gasteiger partial charge >= 0.3 is 137 Å². The Kier molecular flexibility index (Phi) is 3.80. The van der Waals surface area contributed by atoms with Crippen molar-refractivity contribution in [2.75, 3.05) is 0 Å². The molecular formula is C20H23Ti. The second-order valence-corrected chi connectivity index (χ2v) is 8.79. The maximum absolute atomic E-state index is 2.47. The van der Waals surface area contributed by atoms with Crippen LogP contribution in [0.2, 0.25) is 3.72 Å². The fourth-order valence-electron chi connectivity index (χ4n) is 4.06. The summed E-state index contributed by atoms with van der Waals surface area (Å²) in [6.45, 7) is 11.6. The molecule has 1 aromatic carbocycles. The number of fused-ring (bicyclic) bond motifs is 1. The van der Waals surface area contributed by atoms with Crippen molar-refractivity contribution in [3.05, 3.63) is 63.8 Å². The molecule has 0 aliphatic heterocycles. The first-order valence-electron chi connectivity index (χ1n) is 7.73. The fraction of sp³-hybridized carbons (Fsp3) is 0.350. The molecule has 2 aliphatic carbocycles. The summed E-state index contributed by atoms with van der Waals surface area (Å²) >= 11 is -0.184. The van der Waals surface area contributed by atoms with Crippen LogP contribution in [0.3, 0.4) is 0 Å². The van der Waals surface area contributed by atoms with E-state index in [0.717, 1.165) is 0 Å². The minimum absolute atomic E-state index is 0.184. The summed E-state index contributed by atoms with van der Waals surface area (Å²) in [5.41, 5.74) is 9.20. The number of rotatable bonds is 2. The Balaban J connectivity index is 2.25. The Bertz CT molecular complexity index is 689. The predicted molar refractivity (Wildman–Crippen MR) is 89.4 cm³/mol. The van der Waals surface area contributed by atoms with E-state index < -0.39 is 0 Å². The molecule has 0 aromatic heterocycles. The summed E-state index contributed by atoms with van der Waals surface area (Å²) in [6.07, 6.45) is 4.78. The van der Waals surface area contributed by atoms with Crippen molar-refractivity contribution in [1.82, 2.24) is 0 Å². The number of hydrogen-bond acceptors (Lipinski definition) is 0. The van der Waals surface area contributed by atoms with Crippen molar-refractivity contribution >= 4 is 10.4 Å². The Morgan fingerprint density at radius 1 is 1.00 bits per heavy atom. The van der Waals surface area contributed by atoms with E-state index in [-0.39, 0.29) is 22.4 Å². The van der Waals surface area contributed by atoms with Gasteiger partial charge in [-0.15, -0.1) is 0 Å². The molecule has 1 atom stereocenters. The molecule has 2 aliphatic rings. The first-order chi connectivity index (χ1) is 10.0. The molecule has 1 heteroatoms. The van der Waals surface area contributed by atoms with E-state index in [1.165, 1.54) is 22.3 Å². The van der Waals surface area contributed by atoms with Gasteiger partial charge in [-0.3, -0.25) is 0 Å². The third-order valence-electron chi connectivity index (χ3n) is 5.51. The average Bonchev–Trinajstić information content (AvgIpc) is 2.99. The Morgan fingerprint density at radius 2 is 1.62 bits per heavy atom. The second-order valence-electron chi connectivity index (χ2n) is 6.21. The summed E-state index contributed by atoms with van der Waals surface area (Å²) < 4.78 is 2.74. The topological polar surface area (TPSA) is 0 Å². The SMILES string of the molecule is C[CH]=[Ti][C]1(C2C=Cc3ccccc32)C(C)=C(C)C(C)=C1C. The number of allylic oxidation sites excluding steroid dienone is 5.